The summed E-state index contributed by atoms with van der Waals surface area (Å²) < 4.78 is 0. The van der Waals surface area contributed by atoms with E-state index in [9.17, 15) is 9.59 Å². The number of rotatable bonds is 4. The van der Waals surface area contributed by atoms with E-state index in [0.29, 0.717) is 11.4 Å². The number of nitrogens with one attached hydrogen (secondary N) is 2. The Hall–Kier alpha value is -2.16. The molecule has 5 nitrogen and oxygen atoms in total. The van der Waals surface area contributed by atoms with Gasteiger partial charge in [-0.2, -0.15) is 0 Å². The average Bonchev–Trinajstić information content (AvgIpc) is 3.25. The molecule has 0 aliphatic carbocycles. The van der Waals surface area contributed by atoms with Gasteiger partial charge in [-0.25, -0.2) is 4.98 Å². The second-order valence-electron chi connectivity index (χ2n) is 5.39. The molecule has 0 fully saturated rings. The lowest BCUT2D eigenvalue weighted by atomic mass is 10.2. The Balaban J connectivity index is 1.42. The number of carbonyl (C=O) groups excluding carboxylic acids is 2. The summed E-state index contributed by atoms with van der Waals surface area (Å²) in [6.07, 6.45) is 0.222. The fourth-order valence-electron chi connectivity index (χ4n) is 2.43. The van der Waals surface area contributed by atoms with Crippen molar-refractivity contribution in [3.63, 3.8) is 0 Å². The Kier molecular flexibility index (Phi) is 4.56. The number of thiazole rings is 1. The summed E-state index contributed by atoms with van der Waals surface area (Å²) >= 11 is 4.67. The van der Waals surface area contributed by atoms with Crippen LogP contribution in [-0.4, -0.2) is 22.6 Å². The first-order chi connectivity index (χ1) is 12.2. The lowest BCUT2D eigenvalue weighted by molar-refractivity contribution is -0.115. The number of nitrogens with zero attached hydrogens (tertiary/aromatic N) is 1. The maximum Gasteiger partial charge on any atom is 0.234 e. The molecule has 8 heteroatoms. The van der Waals surface area contributed by atoms with Crippen molar-refractivity contribution in [1.82, 2.24) is 4.98 Å². The SMILES string of the molecule is O=C(Cc1csc(-c2cccs2)n1)Nc1ccc2c(c1)NC(=O)CS2. The molecule has 2 amide bonds. The number of fused-ring (bicyclic) bond motifs is 1. The highest BCUT2D eigenvalue weighted by Crippen LogP contribution is 2.33. The number of amides is 2. The molecule has 0 spiro atoms. The van der Waals surface area contributed by atoms with E-state index in [1.54, 1.807) is 28.7 Å². The van der Waals surface area contributed by atoms with Gasteiger partial charge in [-0.3, -0.25) is 9.59 Å². The summed E-state index contributed by atoms with van der Waals surface area (Å²) in [5.74, 6) is 0.275. The fourth-order valence-corrected chi connectivity index (χ4v) is 4.85. The molecular weight excluding hydrogens is 374 g/mol. The van der Waals surface area contributed by atoms with Crippen LogP contribution in [0.3, 0.4) is 0 Å². The minimum Gasteiger partial charge on any atom is -0.326 e. The molecule has 3 heterocycles. The molecule has 2 N–H and O–H groups in total. The van der Waals surface area contributed by atoms with Crippen LogP contribution in [-0.2, 0) is 16.0 Å². The number of thiophene rings is 1. The Morgan fingerprint density at radius 1 is 1.28 bits per heavy atom. The van der Waals surface area contributed by atoms with Crippen LogP contribution in [0.25, 0.3) is 9.88 Å². The number of aromatic nitrogens is 1. The van der Waals surface area contributed by atoms with E-state index in [0.717, 1.165) is 26.2 Å². The van der Waals surface area contributed by atoms with Gasteiger partial charge in [0.25, 0.3) is 0 Å². The first-order valence-electron chi connectivity index (χ1n) is 7.52. The smallest absolute Gasteiger partial charge is 0.234 e. The number of anilines is 2. The molecule has 1 aliphatic rings. The van der Waals surface area contributed by atoms with Crippen LogP contribution >= 0.6 is 34.4 Å². The van der Waals surface area contributed by atoms with E-state index in [-0.39, 0.29) is 18.2 Å². The molecule has 3 aromatic rings. The van der Waals surface area contributed by atoms with Gasteiger partial charge in [0.15, 0.2) is 0 Å². The van der Waals surface area contributed by atoms with Crippen LogP contribution in [0.5, 0.6) is 0 Å². The van der Waals surface area contributed by atoms with Crippen LogP contribution in [0.2, 0.25) is 0 Å². The van der Waals surface area contributed by atoms with E-state index in [2.05, 4.69) is 15.6 Å². The predicted molar refractivity (Wildman–Crippen MR) is 104 cm³/mol. The van der Waals surface area contributed by atoms with Crippen molar-refractivity contribution < 1.29 is 9.59 Å². The van der Waals surface area contributed by atoms with Crippen molar-refractivity contribution in [2.75, 3.05) is 16.4 Å². The summed E-state index contributed by atoms with van der Waals surface area (Å²) in [6, 6.07) is 9.55. The third-order valence-corrected chi connectivity index (χ3v) is 6.53. The predicted octanol–water partition coefficient (Wildman–Crippen LogP) is 4.10. The zero-order chi connectivity index (χ0) is 17.2. The molecule has 0 saturated carbocycles. The zero-order valence-corrected chi connectivity index (χ0v) is 15.4. The highest BCUT2D eigenvalue weighted by Gasteiger charge is 2.16. The molecular formula is C17H13N3O2S3. The van der Waals surface area contributed by atoms with Gasteiger partial charge in [0.1, 0.15) is 5.01 Å². The lowest BCUT2D eigenvalue weighted by Crippen LogP contribution is -2.19. The van der Waals surface area contributed by atoms with Crippen molar-refractivity contribution >= 4 is 57.6 Å². The monoisotopic (exact) mass is 387 g/mol. The molecule has 25 heavy (non-hydrogen) atoms. The first kappa shape index (κ1) is 16.3. The van der Waals surface area contributed by atoms with Crippen LogP contribution in [0.1, 0.15) is 5.69 Å². The summed E-state index contributed by atoms with van der Waals surface area (Å²) in [5, 5.41) is 10.6. The van der Waals surface area contributed by atoms with Crippen LogP contribution < -0.4 is 10.6 Å². The number of thioether (sulfide) groups is 1. The largest absolute Gasteiger partial charge is 0.326 e. The molecule has 0 saturated heterocycles. The van der Waals surface area contributed by atoms with Gasteiger partial charge in [0, 0.05) is 16.0 Å². The van der Waals surface area contributed by atoms with Crippen molar-refractivity contribution in [3.8, 4) is 9.88 Å². The second kappa shape index (κ2) is 6.99. The maximum atomic E-state index is 12.3. The van der Waals surface area contributed by atoms with Crippen LogP contribution in [0, 0.1) is 0 Å². The molecule has 0 radical (unpaired) electrons. The van der Waals surface area contributed by atoms with E-state index < -0.39 is 0 Å². The maximum absolute atomic E-state index is 12.3. The molecule has 126 valence electrons. The topological polar surface area (TPSA) is 71.1 Å². The Bertz CT molecular complexity index is 935. The lowest BCUT2D eigenvalue weighted by Gasteiger charge is -2.17. The van der Waals surface area contributed by atoms with Crippen molar-refractivity contribution in [3.05, 3.63) is 46.8 Å². The van der Waals surface area contributed by atoms with Crippen LogP contribution in [0.15, 0.2) is 46.0 Å². The molecule has 0 unspecified atom stereocenters. The minimum atomic E-state index is -0.127. The zero-order valence-electron chi connectivity index (χ0n) is 12.9. The van der Waals surface area contributed by atoms with E-state index >= 15 is 0 Å². The average molecular weight is 388 g/mol. The standard InChI is InChI=1S/C17H13N3O2S3/c21-15(7-11-8-25-17(19-11)14-2-1-5-23-14)18-10-3-4-13-12(6-10)20-16(22)9-24-13/h1-6,8H,7,9H2,(H,18,21)(H,20,22). The molecule has 1 aromatic carbocycles. The van der Waals surface area contributed by atoms with Gasteiger partial charge >= 0.3 is 0 Å². The molecule has 2 aromatic heterocycles. The third kappa shape index (κ3) is 3.76. The van der Waals surface area contributed by atoms with Crippen LogP contribution in [0.4, 0.5) is 11.4 Å². The minimum absolute atomic E-state index is 0.0236. The molecule has 0 atom stereocenters. The van der Waals surface area contributed by atoms with E-state index in [1.165, 1.54) is 11.8 Å². The number of benzene rings is 1. The number of hydrogen-bond acceptors (Lipinski definition) is 6. The normalized spacial score (nSPS) is 13.2. The van der Waals surface area contributed by atoms with Gasteiger partial charge in [0.2, 0.25) is 11.8 Å². The van der Waals surface area contributed by atoms with E-state index in [1.807, 2.05) is 35.0 Å². The highest BCUT2D eigenvalue weighted by molar-refractivity contribution is 8.00. The third-order valence-electron chi connectivity index (χ3n) is 3.52. The molecule has 0 bridgehead atoms. The van der Waals surface area contributed by atoms with Gasteiger partial charge in [-0.15, -0.1) is 34.4 Å². The highest BCUT2D eigenvalue weighted by atomic mass is 32.2. The quantitative estimate of drug-likeness (QED) is 0.707. The Morgan fingerprint density at radius 2 is 2.20 bits per heavy atom. The summed E-state index contributed by atoms with van der Waals surface area (Å²) in [7, 11) is 0. The fraction of sp³-hybridized carbons (Fsp3) is 0.118. The van der Waals surface area contributed by atoms with Crippen molar-refractivity contribution in [2.24, 2.45) is 0 Å². The summed E-state index contributed by atoms with van der Waals surface area (Å²) in [5.41, 5.74) is 2.17. The van der Waals surface area contributed by atoms with Gasteiger partial charge in [-0.05, 0) is 29.6 Å². The van der Waals surface area contributed by atoms with Crippen molar-refractivity contribution in [1.29, 1.82) is 0 Å². The number of carbonyl (C=O) groups is 2. The summed E-state index contributed by atoms with van der Waals surface area (Å²) in [6.45, 7) is 0. The second-order valence-corrected chi connectivity index (χ2v) is 8.22. The van der Waals surface area contributed by atoms with Gasteiger partial charge < -0.3 is 10.6 Å². The Morgan fingerprint density at radius 3 is 3.04 bits per heavy atom. The first-order valence-corrected chi connectivity index (χ1v) is 10.3. The van der Waals surface area contributed by atoms with Gasteiger partial charge in [-0.1, -0.05) is 6.07 Å². The summed E-state index contributed by atoms with van der Waals surface area (Å²) in [4.78, 5) is 30.4. The molecule has 1 aliphatic heterocycles. The van der Waals surface area contributed by atoms with Gasteiger partial charge in [0.05, 0.1) is 28.4 Å². The van der Waals surface area contributed by atoms with Crippen molar-refractivity contribution in [2.45, 2.75) is 11.3 Å². The molecule has 4 rings (SSSR count). The van der Waals surface area contributed by atoms with E-state index in [4.69, 9.17) is 0 Å². The number of hydrogen-bond donors (Lipinski definition) is 2. The Labute approximate surface area is 156 Å².